The van der Waals surface area contributed by atoms with Crippen molar-refractivity contribution in [2.45, 2.75) is 72.2 Å². The molecule has 0 aromatic carbocycles. The second kappa shape index (κ2) is 14.7. The summed E-state index contributed by atoms with van der Waals surface area (Å²) < 4.78 is 75.8. The van der Waals surface area contributed by atoms with Crippen molar-refractivity contribution < 1.29 is 26.3 Å². The smallest absolute Gasteiger partial charge is 0.384 e. The highest BCUT2D eigenvalue weighted by Gasteiger charge is 2.32. The molecule has 0 radical (unpaired) electrons. The van der Waals surface area contributed by atoms with Crippen LogP contribution < -0.4 is 5.73 Å². The van der Waals surface area contributed by atoms with Crippen LogP contribution in [0.4, 0.5) is 32.2 Å². The Kier molecular flexibility index (Phi) is 12.7. The summed E-state index contributed by atoms with van der Waals surface area (Å²) >= 11 is 0. The number of aromatic nitrogens is 1. The molecule has 0 amide bonds. The van der Waals surface area contributed by atoms with Crippen molar-refractivity contribution in [3.63, 3.8) is 0 Å². The molecule has 0 spiro atoms. The number of nitrogens with two attached hydrogens (primary N) is 1. The first kappa shape index (κ1) is 32.1. The van der Waals surface area contributed by atoms with Gasteiger partial charge in [0, 0.05) is 25.5 Å². The van der Waals surface area contributed by atoms with Crippen LogP contribution in [0.3, 0.4) is 0 Å². The fourth-order valence-corrected chi connectivity index (χ4v) is 3.65. The molecule has 3 nitrogen and oxygen atoms in total. The maximum atomic E-state index is 13.4. The lowest BCUT2D eigenvalue weighted by atomic mass is 9.93. The maximum Gasteiger partial charge on any atom is 0.416 e. The minimum absolute atomic E-state index is 0.125. The summed E-state index contributed by atoms with van der Waals surface area (Å²) in [5.74, 6) is -0.125. The number of rotatable bonds is 6. The predicted molar refractivity (Wildman–Crippen MR) is 139 cm³/mol. The molecule has 1 aromatic heterocycles. The monoisotopic (exact) mass is 529 g/mol. The summed E-state index contributed by atoms with van der Waals surface area (Å²) in [5.41, 5.74) is 7.51. The highest BCUT2D eigenvalue weighted by Crippen LogP contribution is 2.32. The van der Waals surface area contributed by atoms with Crippen LogP contribution in [0.1, 0.15) is 65.4 Å². The van der Waals surface area contributed by atoms with Crippen molar-refractivity contribution in [1.29, 1.82) is 0 Å². The third-order valence-electron chi connectivity index (χ3n) is 5.80. The molecule has 1 aromatic rings. The average molecular weight is 530 g/mol. The van der Waals surface area contributed by atoms with E-state index in [4.69, 9.17) is 5.73 Å². The van der Waals surface area contributed by atoms with Gasteiger partial charge < -0.3 is 10.6 Å². The molecule has 0 atom stereocenters. The molecule has 1 aliphatic heterocycles. The molecule has 2 rings (SSSR count). The van der Waals surface area contributed by atoms with Crippen molar-refractivity contribution in [3.8, 4) is 0 Å². The maximum absolute atomic E-state index is 13.4. The van der Waals surface area contributed by atoms with Gasteiger partial charge in [0.25, 0.3) is 0 Å². The average Bonchev–Trinajstić information content (AvgIpc) is 2.82. The van der Waals surface area contributed by atoms with Gasteiger partial charge in [-0.25, -0.2) is 4.98 Å². The van der Waals surface area contributed by atoms with Gasteiger partial charge in [-0.15, -0.1) is 0 Å². The van der Waals surface area contributed by atoms with E-state index in [1.54, 1.807) is 19.1 Å². The van der Waals surface area contributed by atoms with Gasteiger partial charge in [-0.1, -0.05) is 37.6 Å². The molecule has 37 heavy (non-hydrogen) atoms. The van der Waals surface area contributed by atoms with Crippen LogP contribution in [-0.2, 0) is 6.18 Å². The van der Waals surface area contributed by atoms with Crippen LogP contribution in [0.5, 0.6) is 0 Å². The van der Waals surface area contributed by atoms with E-state index in [-0.39, 0.29) is 5.82 Å². The van der Waals surface area contributed by atoms with E-state index in [0.29, 0.717) is 12.0 Å². The Morgan fingerprint density at radius 2 is 1.81 bits per heavy atom. The van der Waals surface area contributed by atoms with Crippen LogP contribution in [0, 0.1) is 0 Å². The highest BCUT2D eigenvalue weighted by atomic mass is 19.4. The van der Waals surface area contributed by atoms with Gasteiger partial charge in [0.2, 0.25) is 0 Å². The van der Waals surface area contributed by atoms with E-state index >= 15 is 0 Å². The Balaban J connectivity index is 0.000000516. The van der Waals surface area contributed by atoms with E-state index in [1.165, 1.54) is 17.8 Å². The first-order chi connectivity index (χ1) is 17.2. The topological polar surface area (TPSA) is 42.1 Å². The zero-order valence-electron chi connectivity index (χ0n) is 22.1. The second-order valence-corrected chi connectivity index (χ2v) is 8.69. The molecule has 1 fully saturated rings. The van der Waals surface area contributed by atoms with Crippen LogP contribution in [0.2, 0.25) is 0 Å². The molecular formula is C28H37F6N3. The minimum atomic E-state index is -4.34. The van der Waals surface area contributed by atoms with Gasteiger partial charge in [0.1, 0.15) is 5.82 Å². The van der Waals surface area contributed by atoms with E-state index in [0.717, 1.165) is 61.7 Å². The van der Waals surface area contributed by atoms with Crippen LogP contribution in [0.15, 0.2) is 76.7 Å². The Hall–Kier alpha value is -2.97. The molecule has 9 heteroatoms. The van der Waals surface area contributed by atoms with Gasteiger partial charge in [0.15, 0.2) is 0 Å². The summed E-state index contributed by atoms with van der Waals surface area (Å²) in [6, 6.07) is 1.66. The number of hydrogen-bond donors (Lipinski definition) is 1. The predicted octanol–water partition coefficient (Wildman–Crippen LogP) is 8.80. The first-order valence-corrected chi connectivity index (χ1v) is 12.3. The lowest BCUT2D eigenvalue weighted by Gasteiger charge is -2.28. The van der Waals surface area contributed by atoms with E-state index < -0.39 is 23.5 Å². The second-order valence-electron chi connectivity index (χ2n) is 8.69. The highest BCUT2D eigenvalue weighted by molar-refractivity contribution is 5.53. The summed E-state index contributed by atoms with van der Waals surface area (Å²) in [4.78, 5) is 5.65. The fourth-order valence-electron chi connectivity index (χ4n) is 3.65. The standard InChI is InChI=1S/C22H32F3N.C6H5F3N2/c1-6-11-18(15-19(12-7-2)22(23,24)25)21(17(4)8-3)16-20-13-9-10-14-26(20)5;7-6(8,9)4-1-2-11-5(10)3-4/h6,11-12,15-16H,7-10,13-14H2,1-5H3;1-3H,(H2,10,11)/b11-6-,18-15+,19-12-,20-16-,21-17?;. The Labute approximate surface area is 216 Å². The number of piperidine rings is 1. The summed E-state index contributed by atoms with van der Waals surface area (Å²) in [6.07, 6.45) is 4.97. The lowest BCUT2D eigenvalue weighted by molar-refractivity contribution is -0.137. The lowest BCUT2D eigenvalue weighted by Crippen LogP contribution is -2.23. The number of hydrogen-bond acceptors (Lipinski definition) is 3. The number of anilines is 1. The Morgan fingerprint density at radius 3 is 2.27 bits per heavy atom. The van der Waals surface area contributed by atoms with Gasteiger partial charge in [-0.2, -0.15) is 26.3 Å². The number of pyridine rings is 1. The number of allylic oxidation sites excluding steroid dienone is 10. The van der Waals surface area contributed by atoms with Gasteiger partial charge >= 0.3 is 12.4 Å². The Bertz CT molecular complexity index is 1030. The van der Waals surface area contributed by atoms with E-state index in [2.05, 4.69) is 23.0 Å². The van der Waals surface area contributed by atoms with Crippen molar-refractivity contribution in [3.05, 3.63) is 82.3 Å². The summed E-state index contributed by atoms with van der Waals surface area (Å²) in [6.45, 7) is 8.60. The largest absolute Gasteiger partial charge is 0.416 e. The SMILES string of the molecule is C\C=C/C(=C\C(=C\CC)C(F)(F)F)C(/C=C1/CCCCN1C)=C(C)CC.Nc1cc(C(F)(F)F)ccn1. The first-order valence-electron chi connectivity index (χ1n) is 12.3. The zero-order chi connectivity index (χ0) is 28.2. The number of nitrogen functional groups attached to an aromatic ring is 1. The van der Waals surface area contributed by atoms with Gasteiger partial charge in [0.05, 0.1) is 11.1 Å². The molecule has 1 aliphatic rings. The van der Waals surface area contributed by atoms with Crippen LogP contribution >= 0.6 is 0 Å². The molecule has 206 valence electrons. The fraction of sp³-hybridized carbons (Fsp3) is 0.464. The third-order valence-corrected chi connectivity index (χ3v) is 5.80. The summed E-state index contributed by atoms with van der Waals surface area (Å²) in [7, 11) is 2.06. The molecule has 0 saturated carbocycles. The molecule has 0 aliphatic carbocycles. The molecule has 0 bridgehead atoms. The van der Waals surface area contributed by atoms with Crippen molar-refractivity contribution in [2.24, 2.45) is 0 Å². The van der Waals surface area contributed by atoms with Gasteiger partial charge in [-0.3, -0.25) is 0 Å². The van der Waals surface area contributed by atoms with Crippen molar-refractivity contribution in [2.75, 3.05) is 19.3 Å². The van der Waals surface area contributed by atoms with E-state index in [9.17, 15) is 26.3 Å². The number of likely N-dealkylation sites (tertiary alicyclic amines) is 1. The molecule has 1 saturated heterocycles. The van der Waals surface area contributed by atoms with Crippen molar-refractivity contribution in [1.82, 2.24) is 9.88 Å². The molecule has 2 heterocycles. The number of alkyl halides is 6. The zero-order valence-corrected chi connectivity index (χ0v) is 22.1. The van der Waals surface area contributed by atoms with E-state index in [1.807, 2.05) is 20.8 Å². The van der Waals surface area contributed by atoms with Gasteiger partial charge in [-0.05, 0) is 81.4 Å². The van der Waals surface area contributed by atoms with Crippen molar-refractivity contribution >= 4 is 5.82 Å². The number of nitrogens with zero attached hydrogens (tertiary/aromatic N) is 2. The summed E-state index contributed by atoms with van der Waals surface area (Å²) in [5, 5.41) is 0. The molecule has 2 N–H and O–H groups in total. The quantitative estimate of drug-likeness (QED) is 0.296. The molecular weight excluding hydrogens is 492 g/mol. The normalized spacial score (nSPS) is 17.6. The minimum Gasteiger partial charge on any atom is -0.384 e. The number of halogens is 6. The third kappa shape index (κ3) is 10.9. The van der Waals surface area contributed by atoms with Crippen LogP contribution in [0.25, 0.3) is 0 Å². The van der Waals surface area contributed by atoms with Crippen LogP contribution in [-0.4, -0.2) is 29.7 Å². The Morgan fingerprint density at radius 1 is 1.14 bits per heavy atom. The molecule has 0 unspecified atom stereocenters.